The van der Waals surface area contributed by atoms with Gasteiger partial charge in [0.25, 0.3) is 0 Å². The summed E-state index contributed by atoms with van der Waals surface area (Å²) in [4.78, 5) is 19.8. The Labute approximate surface area is 138 Å². The minimum absolute atomic E-state index is 0.358. The van der Waals surface area contributed by atoms with Crippen LogP contribution in [0.1, 0.15) is 18.4 Å². The lowest BCUT2D eigenvalue weighted by Gasteiger charge is -2.08. The SMILES string of the molecule is Cn1c(=O)oc2cc(CNc3cc(OCC4CC4)ncn3)ccc21. The van der Waals surface area contributed by atoms with E-state index in [1.165, 1.54) is 23.7 Å². The molecule has 3 aromatic rings. The first-order valence-electron chi connectivity index (χ1n) is 7.96. The van der Waals surface area contributed by atoms with Crippen LogP contribution in [0.4, 0.5) is 5.82 Å². The van der Waals surface area contributed by atoms with Gasteiger partial charge in [-0.25, -0.2) is 14.8 Å². The topological polar surface area (TPSA) is 82.2 Å². The number of oxazole rings is 1. The molecule has 1 aromatic carbocycles. The van der Waals surface area contributed by atoms with E-state index in [1.807, 2.05) is 18.2 Å². The molecule has 1 aliphatic carbocycles. The lowest BCUT2D eigenvalue weighted by molar-refractivity contribution is 0.288. The van der Waals surface area contributed by atoms with Crippen LogP contribution in [0.25, 0.3) is 11.1 Å². The van der Waals surface area contributed by atoms with E-state index < -0.39 is 0 Å². The van der Waals surface area contributed by atoms with E-state index in [-0.39, 0.29) is 5.76 Å². The number of aryl methyl sites for hydroxylation is 1. The second-order valence-electron chi connectivity index (χ2n) is 6.08. The minimum Gasteiger partial charge on any atom is -0.477 e. The predicted molar refractivity (Wildman–Crippen MR) is 89.0 cm³/mol. The molecule has 7 nitrogen and oxygen atoms in total. The zero-order chi connectivity index (χ0) is 16.5. The summed E-state index contributed by atoms with van der Waals surface area (Å²) >= 11 is 0. The van der Waals surface area contributed by atoms with E-state index in [0.29, 0.717) is 29.7 Å². The quantitative estimate of drug-likeness (QED) is 0.748. The highest BCUT2D eigenvalue weighted by Gasteiger charge is 2.22. The normalized spacial score (nSPS) is 14.0. The van der Waals surface area contributed by atoms with Gasteiger partial charge in [-0.15, -0.1) is 0 Å². The smallest absolute Gasteiger partial charge is 0.419 e. The fourth-order valence-electron chi connectivity index (χ4n) is 2.48. The Bertz CT molecular complexity index is 927. The number of hydrogen-bond acceptors (Lipinski definition) is 6. The number of aromatic nitrogens is 3. The Hall–Kier alpha value is -2.83. The summed E-state index contributed by atoms with van der Waals surface area (Å²) in [6, 6.07) is 7.48. The Morgan fingerprint density at radius 2 is 2.21 bits per heavy atom. The van der Waals surface area contributed by atoms with Crippen LogP contribution in [0.2, 0.25) is 0 Å². The van der Waals surface area contributed by atoms with Crippen molar-refractivity contribution in [1.29, 1.82) is 0 Å². The maximum absolute atomic E-state index is 11.5. The van der Waals surface area contributed by atoms with Gasteiger partial charge in [0.1, 0.15) is 12.1 Å². The van der Waals surface area contributed by atoms with E-state index in [0.717, 1.165) is 17.7 Å². The van der Waals surface area contributed by atoms with Crippen molar-refractivity contribution in [1.82, 2.24) is 14.5 Å². The molecule has 0 amide bonds. The van der Waals surface area contributed by atoms with Crippen molar-refractivity contribution in [3.8, 4) is 5.88 Å². The number of anilines is 1. The molecule has 124 valence electrons. The molecule has 2 aromatic heterocycles. The van der Waals surface area contributed by atoms with Crippen LogP contribution < -0.4 is 15.8 Å². The molecule has 0 radical (unpaired) electrons. The average molecular weight is 326 g/mol. The maximum Gasteiger partial charge on any atom is 0.419 e. The summed E-state index contributed by atoms with van der Waals surface area (Å²) < 4.78 is 12.3. The molecule has 0 atom stereocenters. The molecule has 1 fully saturated rings. The minimum atomic E-state index is -0.358. The number of benzene rings is 1. The third-order valence-electron chi connectivity index (χ3n) is 4.14. The molecule has 7 heteroatoms. The van der Waals surface area contributed by atoms with Gasteiger partial charge in [0.15, 0.2) is 5.58 Å². The van der Waals surface area contributed by atoms with Crippen LogP contribution in [0.15, 0.2) is 39.8 Å². The Balaban J connectivity index is 1.44. The lowest BCUT2D eigenvalue weighted by atomic mass is 10.2. The van der Waals surface area contributed by atoms with E-state index in [9.17, 15) is 4.79 Å². The van der Waals surface area contributed by atoms with Gasteiger partial charge in [-0.1, -0.05) is 6.07 Å². The number of nitrogens with one attached hydrogen (secondary N) is 1. The number of fused-ring (bicyclic) bond motifs is 1. The van der Waals surface area contributed by atoms with Crippen molar-refractivity contribution in [2.45, 2.75) is 19.4 Å². The Morgan fingerprint density at radius 1 is 1.33 bits per heavy atom. The van der Waals surface area contributed by atoms with Gasteiger partial charge in [0.2, 0.25) is 5.88 Å². The van der Waals surface area contributed by atoms with Gasteiger partial charge >= 0.3 is 5.76 Å². The number of hydrogen-bond donors (Lipinski definition) is 1. The first kappa shape index (κ1) is 14.7. The second kappa shape index (κ2) is 5.99. The van der Waals surface area contributed by atoms with Gasteiger partial charge in [-0.3, -0.25) is 4.57 Å². The Kier molecular flexibility index (Phi) is 3.68. The van der Waals surface area contributed by atoms with E-state index >= 15 is 0 Å². The van der Waals surface area contributed by atoms with E-state index in [2.05, 4.69) is 15.3 Å². The highest BCUT2D eigenvalue weighted by molar-refractivity contribution is 5.73. The van der Waals surface area contributed by atoms with Gasteiger partial charge < -0.3 is 14.5 Å². The molecule has 0 spiro atoms. The highest BCUT2D eigenvalue weighted by Crippen LogP contribution is 2.29. The molecule has 1 saturated carbocycles. The second-order valence-corrected chi connectivity index (χ2v) is 6.08. The van der Waals surface area contributed by atoms with Crippen molar-refractivity contribution >= 4 is 16.9 Å². The van der Waals surface area contributed by atoms with Gasteiger partial charge in [0, 0.05) is 19.7 Å². The van der Waals surface area contributed by atoms with Crippen LogP contribution >= 0.6 is 0 Å². The molecule has 0 unspecified atom stereocenters. The van der Waals surface area contributed by atoms with Gasteiger partial charge in [-0.05, 0) is 36.5 Å². The third kappa shape index (κ3) is 3.10. The molecule has 24 heavy (non-hydrogen) atoms. The molecule has 1 aliphatic rings. The third-order valence-corrected chi connectivity index (χ3v) is 4.14. The lowest BCUT2D eigenvalue weighted by Crippen LogP contribution is -2.08. The first-order chi connectivity index (χ1) is 11.7. The zero-order valence-electron chi connectivity index (χ0n) is 13.4. The fourth-order valence-corrected chi connectivity index (χ4v) is 2.48. The fraction of sp³-hybridized carbons (Fsp3) is 0.353. The molecule has 2 heterocycles. The monoisotopic (exact) mass is 326 g/mol. The molecule has 0 bridgehead atoms. The molecular formula is C17H18N4O3. The van der Waals surface area contributed by atoms with Gasteiger partial charge in [0.05, 0.1) is 12.1 Å². The number of rotatable bonds is 6. The first-order valence-corrected chi connectivity index (χ1v) is 7.96. The Morgan fingerprint density at radius 3 is 3.04 bits per heavy atom. The molecule has 0 aliphatic heterocycles. The average Bonchev–Trinajstić information content (AvgIpc) is 3.38. The standard InChI is InChI=1S/C17H18N4O3/c1-21-13-5-4-12(6-14(13)24-17(21)22)8-18-15-7-16(20-10-19-15)23-9-11-2-3-11/h4-7,10-11H,2-3,8-9H2,1H3,(H,18,19,20). The molecule has 0 saturated heterocycles. The van der Waals surface area contributed by atoms with Crippen LogP contribution in [0.3, 0.4) is 0 Å². The van der Waals surface area contributed by atoms with Gasteiger partial charge in [-0.2, -0.15) is 0 Å². The summed E-state index contributed by atoms with van der Waals surface area (Å²) in [5.41, 5.74) is 2.36. The number of nitrogens with zero attached hydrogens (tertiary/aromatic N) is 3. The van der Waals surface area contributed by atoms with Crippen LogP contribution in [0.5, 0.6) is 5.88 Å². The van der Waals surface area contributed by atoms with Crippen LogP contribution in [-0.4, -0.2) is 21.1 Å². The summed E-state index contributed by atoms with van der Waals surface area (Å²) in [7, 11) is 1.69. The zero-order valence-corrected chi connectivity index (χ0v) is 13.4. The maximum atomic E-state index is 11.5. The summed E-state index contributed by atoms with van der Waals surface area (Å²) in [6.07, 6.45) is 3.98. The van der Waals surface area contributed by atoms with Crippen molar-refractivity contribution in [2.24, 2.45) is 13.0 Å². The van der Waals surface area contributed by atoms with Crippen molar-refractivity contribution in [3.63, 3.8) is 0 Å². The van der Waals surface area contributed by atoms with E-state index in [1.54, 1.807) is 13.1 Å². The summed E-state index contributed by atoms with van der Waals surface area (Å²) in [5, 5.41) is 3.23. The highest BCUT2D eigenvalue weighted by atomic mass is 16.5. The van der Waals surface area contributed by atoms with Crippen molar-refractivity contribution in [2.75, 3.05) is 11.9 Å². The summed E-state index contributed by atoms with van der Waals surface area (Å²) in [5.74, 6) is 1.61. The van der Waals surface area contributed by atoms with Crippen molar-refractivity contribution < 1.29 is 9.15 Å². The molecular weight excluding hydrogens is 308 g/mol. The van der Waals surface area contributed by atoms with Crippen molar-refractivity contribution in [3.05, 3.63) is 46.7 Å². The van der Waals surface area contributed by atoms with E-state index in [4.69, 9.17) is 9.15 Å². The largest absolute Gasteiger partial charge is 0.477 e. The number of ether oxygens (including phenoxy) is 1. The summed E-state index contributed by atoms with van der Waals surface area (Å²) in [6.45, 7) is 1.29. The molecule has 4 rings (SSSR count). The predicted octanol–water partition coefficient (Wildman–Crippen LogP) is 2.32. The van der Waals surface area contributed by atoms with Crippen LogP contribution in [-0.2, 0) is 13.6 Å². The molecule has 1 N–H and O–H groups in total. The van der Waals surface area contributed by atoms with Crippen LogP contribution in [0, 0.1) is 5.92 Å².